The summed E-state index contributed by atoms with van der Waals surface area (Å²) in [7, 11) is 0. The van der Waals surface area contributed by atoms with E-state index in [9.17, 15) is 23.2 Å². The van der Waals surface area contributed by atoms with Gasteiger partial charge in [-0.25, -0.2) is 33.1 Å². The maximum atomic E-state index is 13.4. The summed E-state index contributed by atoms with van der Waals surface area (Å²) in [5.41, 5.74) is 0.625. The quantitative estimate of drug-likeness (QED) is 0.151. The number of anilines is 2. The number of hydrogen-bond donors (Lipinski definition) is 1. The van der Waals surface area contributed by atoms with Crippen molar-refractivity contribution < 1.29 is 37.4 Å². The highest BCUT2D eigenvalue weighted by Crippen LogP contribution is 2.36. The fourth-order valence-corrected chi connectivity index (χ4v) is 5.59. The predicted octanol–water partition coefficient (Wildman–Crippen LogP) is 8.77. The minimum atomic E-state index is -0.930. The number of rotatable bonds is 6. The molecule has 1 N–H and O–H groups in total. The number of amides is 3. The molecule has 12 nitrogen and oxygen atoms in total. The Morgan fingerprint density at radius 2 is 1.33 bits per heavy atom. The second-order valence-corrected chi connectivity index (χ2v) is 14.2. The van der Waals surface area contributed by atoms with E-state index in [4.69, 9.17) is 25.8 Å². The molecule has 0 aliphatic rings. The molecule has 48 heavy (non-hydrogen) atoms. The van der Waals surface area contributed by atoms with Crippen molar-refractivity contribution in [1.29, 1.82) is 0 Å². The van der Waals surface area contributed by atoms with Crippen molar-refractivity contribution in [3.05, 3.63) is 59.9 Å². The van der Waals surface area contributed by atoms with Crippen molar-refractivity contribution in [2.24, 2.45) is 0 Å². The molecule has 4 heterocycles. The molecule has 258 valence electrons. The normalized spacial score (nSPS) is 11.2. The van der Waals surface area contributed by atoms with Gasteiger partial charge in [0.15, 0.2) is 0 Å². The summed E-state index contributed by atoms with van der Waals surface area (Å²) >= 11 is 7.81. The molecule has 0 aliphatic heterocycles. The Bertz CT molecular complexity index is 1760. The van der Waals surface area contributed by atoms with Gasteiger partial charge in [-0.15, -0.1) is 11.6 Å². The molecule has 0 atom stereocenters. The van der Waals surface area contributed by atoms with E-state index in [0.29, 0.717) is 37.5 Å². The van der Waals surface area contributed by atoms with E-state index < -0.39 is 41.1 Å². The summed E-state index contributed by atoms with van der Waals surface area (Å²) in [6.45, 7) is 13.7. The van der Waals surface area contributed by atoms with Crippen LogP contribution in [0, 0.1) is 25.5 Å². The third-order valence-electron chi connectivity index (χ3n) is 5.35. The lowest BCUT2D eigenvalue weighted by atomic mass is 10.2. The number of carbonyl (C=O) groups is 3. The Hall–Kier alpha value is -4.28. The van der Waals surface area contributed by atoms with Gasteiger partial charge in [0.25, 0.3) is 0 Å². The van der Waals surface area contributed by atoms with E-state index in [-0.39, 0.29) is 17.5 Å². The van der Waals surface area contributed by atoms with Gasteiger partial charge in [0.05, 0.1) is 29.7 Å². The van der Waals surface area contributed by atoms with Crippen molar-refractivity contribution >= 4 is 62.6 Å². The van der Waals surface area contributed by atoms with Crippen LogP contribution >= 0.6 is 34.3 Å². The molecule has 0 bridgehead atoms. The molecule has 0 fully saturated rings. The van der Waals surface area contributed by atoms with Crippen LogP contribution in [0.1, 0.15) is 52.9 Å². The van der Waals surface area contributed by atoms with Gasteiger partial charge in [-0.2, -0.15) is 4.90 Å². The van der Waals surface area contributed by atoms with Gasteiger partial charge in [0, 0.05) is 23.5 Å². The van der Waals surface area contributed by atoms with E-state index in [0.717, 1.165) is 28.6 Å². The number of nitrogens with one attached hydrogen (secondary N) is 1. The van der Waals surface area contributed by atoms with E-state index in [1.54, 1.807) is 55.4 Å². The first-order chi connectivity index (χ1) is 22.4. The van der Waals surface area contributed by atoms with Crippen LogP contribution in [0.3, 0.4) is 0 Å². The fraction of sp³-hybridized carbons (Fsp3) is 0.387. The lowest BCUT2D eigenvalue weighted by Crippen LogP contribution is -2.41. The van der Waals surface area contributed by atoms with Crippen molar-refractivity contribution in [2.45, 2.75) is 66.6 Å². The monoisotopic (exact) mass is 724 g/mol. The first-order valence-electron chi connectivity index (χ1n) is 14.3. The minimum Gasteiger partial charge on any atom is -0.447 e. The lowest BCUT2D eigenvalue weighted by Gasteiger charge is -2.25. The number of thiazole rings is 2. The average Bonchev–Trinajstić information content (AvgIpc) is 3.52. The first kappa shape index (κ1) is 38.2. The molecular weight excluding hydrogens is 690 g/mol. The SMILES string of the molecule is Cc1nc(-c2cncc(F)c2)sc1N(C(=O)OCCCl)C(=O)OC(C)(C)C.Cc1nc(-c2cncc(F)c2)sc1NC(=O)OC(C)(C)C. The number of hydrogen-bond acceptors (Lipinski definition) is 12. The van der Waals surface area contributed by atoms with Crippen LogP contribution < -0.4 is 10.2 Å². The molecule has 4 aromatic heterocycles. The van der Waals surface area contributed by atoms with Gasteiger partial charge in [-0.05, 0) is 67.5 Å². The highest BCUT2D eigenvalue weighted by atomic mass is 35.5. The van der Waals surface area contributed by atoms with Crippen LogP contribution in [0.25, 0.3) is 21.1 Å². The molecular formula is C31H35ClF2N6O6S2. The van der Waals surface area contributed by atoms with Gasteiger partial charge in [-0.3, -0.25) is 15.3 Å². The highest BCUT2D eigenvalue weighted by molar-refractivity contribution is 7.19. The Balaban J connectivity index is 0.000000269. The number of aryl methyl sites for hydroxylation is 2. The van der Waals surface area contributed by atoms with E-state index >= 15 is 0 Å². The molecule has 17 heteroatoms. The average molecular weight is 725 g/mol. The van der Waals surface area contributed by atoms with Crippen molar-refractivity contribution in [3.8, 4) is 21.1 Å². The van der Waals surface area contributed by atoms with Crippen molar-refractivity contribution in [3.63, 3.8) is 0 Å². The molecule has 0 radical (unpaired) electrons. The van der Waals surface area contributed by atoms with Crippen LogP contribution in [0.4, 0.5) is 33.2 Å². The third kappa shape index (κ3) is 11.5. The van der Waals surface area contributed by atoms with Crippen LogP contribution in [0.5, 0.6) is 0 Å². The van der Waals surface area contributed by atoms with E-state index in [1.165, 1.54) is 35.9 Å². The number of pyridine rings is 2. The summed E-state index contributed by atoms with van der Waals surface area (Å²) in [5, 5.41) is 4.42. The molecule has 4 aromatic rings. The maximum Gasteiger partial charge on any atom is 0.425 e. The third-order valence-corrected chi connectivity index (χ3v) is 7.82. The number of halogens is 3. The Labute approximate surface area is 289 Å². The Morgan fingerprint density at radius 3 is 1.83 bits per heavy atom. The zero-order chi connectivity index (χ0) is 35.8. The smallest absolute Gasteiger partial charge is 0.425 e. The lowest BCUT2D eigenvalue weighted by molar-refractivity contribution is 0.0568. The fourth-order valence-electron chi connectivity index (χ4n) is 3.55. The summed E-state index contributed by atoms with van der Waals surface area (Å²) in [5.74, 6) is -0.870. The number of alkyl halides is 1. The minimum absolute atomic E-state index is 0.0712. The van der Waals surface area contributed by atoms with Gasteiger partial charge >= 0.3 is 18.3 Å². The van der Waals surface area contributed by atoms with Crippen LogP contribution in [-0.2, 0) is 14.2 Å². The van der Waals surface area contributed by atoms with Crippen LogP contribution in [-0.4, -0.2) is 61.9 Å². The summed E-state index contributed by atoms with van der Waals surface area (Å²) < 4.78 is 42.1. The van der Waals surface area contributed by atoms with Gasteiger partial charge in [0.1, 0.15) is 49.5 Å². The molecule has 0 unspecified atom stereocenters. The molecule has 0 spiro atoms. The van der Waals surface area contributed by atoms with E-state index in [2.05, 4.69) is 25.3 Å². The van der Waals surface area contributed by atoms with Gasteiger partial charge in [-0.1, -0.05) is 22.7 Å². The highest BCUT2D eigenvalue weighted by Gasteiger charge is 2.33. The summed E-state index contributed by atoms with van der Waals surface area (Å²) in [6, 6.07) is 2.61. The second-order valence-electron chi connectivity index (χ2n) is 11.9. The second kappa shape index (κ2) is 16.2. The van der Waals surface area contributed by atoms with E-state index in [1.807, 2.05) is 0 Å². The van der Waals surface area contributed by atoms with Gasteiger partial charge < -0.3 is 14.2 Å². The standard InChI is InChI=1S/C17H19ClFN3O4S.C14H16FN3O2S/c1-10-14(27-13(21-10)11-7-12(19)9-20-8-11)22(15(23)25-6-5-18)16(24)26-17(2,3)4;1-8-11(18-13(19)20-14(2,3)4)21-12(17-8)9-5-10(15)7-16-6-9/h7-9H,5-6H2,1-4H3;5-7H,1-4H3,(H,18,19). The molecule has 4 rings (SSSR count). The Kier molecular flexibility index (Phi) is 12.9. The molecule has 0 aromatic carbocycles. The first-order valence-corrected chi connectivity index (χ1v) is 16.5. The predicted molar refractivity (Wildman–Crippen MR) is 181 cm³/mol. The molecule has 0 saturated carbocycles. The zero-order valence-corrected chi connectivity index (χ0v) is 29.9. The molecule has 0 aliphatic carbocycles. The van der Waals surface area contributed by atoms with Crippen LogP contribution in [0.15, 0.2) is 36.9 Å². The molecule has 3 amide bonds. The number of carbonyl (C=O) groups excluding carboxylic acids is 3. The summed E-state index contributed by atoms with van der Waals surface area (Å²) in [6.07, 6.45) is 2.79. The van der Waals surface area contributed by atoms with Crippen molar-refractivity contribution in [1.82, 2.24) is 19.9 Å². The van der Waals surface area contributed by atoms with Crippen LogP contribution in [0.2, 0.25) is 0 Å². The number of aromatic nitrogens is 4. The topological polar surface area (TPSA) is 146 Å². The number of ether oxygens (including phenoxy) is 3. The number of nitrogens with zero attached hydrogens (tertiary/aromatic N) is 5. The summed E-state index contributed by atoms with van der Waals surface area (Å²) in [4.78, 5) is 53.7. The Morgan fingerprint density at radius 1 is 0.812 bits per heavy atom. The molecule has 0 saturated heterocycles. The maximum absolute atomic E-state index is 13.4. The largest absolute Gasteiger partial charge is 0.447 e. The van der Waals surface area contributed by atoms with Gasteiger partial charge in [0.2, 0.25) is 0 Å². The zero-order valence-electron chi connectivity index (χ0n) is 27.5. The van der Waals surface area contributed by atoms with Crippen molar-refractivity contribution in [2.75, 3.05) is 22.7 Å². The number of imide groups is 1.